The van der Waals surface area contributed by atoms with Crippen LogP contribution < -0.4 is 20.5 Å². The molecule has 0 spiro atoms. The SMILES string of the molecule is CCc1c(N2CCN(C(=O)c3ncnc(C)c3OCc3ccccc3)CC2)c(=O)n2nc(C=C3CN(C(=O)O)C3)nc2n1CC(=O)Nc1ccc(C(F)(F)F)cc1Cl. The quantitative estimate of drug-likeness (QED) is 0.198. The molecule has 302 valence electrons. The Kier molecular flexibility index (Phi) is 11.1. The van der Waals surface area contributed by atoms with Gasteiger partial charge >= 0.3 is 12.3 Å². The first-order chi connectivity index (χ1) is 27.7. The number of aromatic nitrogens is 6. The molecule has 20 heteroatoms. The van der Waals surface area contributed by atoms with Gasteiger partial charge in [-0.15, -0.1) is 5.10 Å². The summed E-state index contributed by atoms with van der Waals surface area (Å²) in [5, 5.41) is 15.9. The number of hydrogen-bond donors (Lipinski definition) is 2. The van der Waals surface area contributed by atoms with Gasteiger partial charge in [-0.3, -0.25) is 14.4 Å². The molecule has 0 saturated carbocycles. The van der Waals surface area contributed by atoms with Crippen LogP contribution in [0.4, 0.5) is 29.3 Å². The lowest BCUT2D eigenvalue weighted by molar-refractivity contribution is -0.137. The fourth-order valence-electron chi connectivity index (χ4n) is 6.78. The number of anilines is 2. The molecule has 2 aliphatic rings. The van der Waals surface area contributed by atoms with Gasteiger partial charge in [0.25, 0.3) is 11.5 Å². The van der Waals surface area contributed by atoms with Crippen LogP contribution >= 0.6 is 11.6 Å². The van der Waals surface area contributed by atoms with E-state index in [2.05, 4.69) is 25.4 Å². The van der Waals surface area contributed by atoms with Crippen molar-refractivity contribution in [1.82, 2.24) is 38.9 Å². The fourth-order valence-corrected chi connectivity index (χ4v) is 7.01. The van der Waals surface area contributed by atoms with Gasteiger partial charge in [0.15, 0.2) is 17.3 Å². The minimum absolute atomic E-state index is 0.0107. The van der Waals surface area contributed by atoms with Crippen molar-refractivity contribution in [3.63, 3.8) is 0 Å². The maximum Gasteiger partial charge on any atom is 0.416 e. The minimum Gasteiger partial charge on any atom is -0.485 e. The molecule has 2 aliphatic heterocycles. The molecule has 0 radical (unpaired) electrons. The van der Waals surface area contributed by atoms with Crippen molar-refractivity contribution < 1.29 is 37.4 Å². The van der Waals surface area contributed by atoms with Crippen molar-refractivity contribution in [2.75, 3.05) is 49.5 Å². The summed E-state index contributed by atoms with van der Waals surface area (Å²) < 4.78 is 48.4. The van der Waals surface area contributed by atoms with Crippen LogP contribution in [0.5, 0.6) is 5.75 Å². The smallest absolute Gasteiger partial charge is 0.416 e. The highest BCUT2D eigenvalue weighted by Gasteiger charge is 2.33. The van der Waals surface area contributed by atoms with E-state index >= 15 is 0 Å². The van der Waals surface area contributed by atoms with Gasteiger partial charge in [-0.25, -0.2) is 14.8 Å². The van der Waals surface area contributed by atoms with E-state index in [1.807, 2.05) is 30.3 Å². The van der Waals surface area contributed by atoms with Crippen LogP contribution in [0.1, 0.15) is 45.8 Å². The predicted octanol–water partition coefficient (Wildman–Crippen LogP) is 4.78. The molecule has 5 aromatic rings. The second kappa shape index (κ2) is 16.2. The zero-order chi connectivity index (χ0) is 41.3. The van der Waals surface area contributed by atoms with Crippen molar-refractivity contribution in [3.8, 4) is 5.75 Å². The number of amides is 3. The molecule has 0 bridgehead atoms. The molecule has 0 unspecified atom stereocenters. The highest BCUT2D eigenvalue weighted by atomic mass is 35.5. The third kappa shape index (κ3) is 8.15. The summed E-state index contributed by atoms with van der Waals surface area (Å²) in [7, 11) is 0. The number of benzene rings is 2. The van der Waals surface area contributed by atoms with Gasteiger partial charge < -0.3 is 34.4 Å². The van der Waals surface area contributed by atoms with Gasteiger partial charge in [-0.05, 0) is 48.8 Å². The van der Waals surface area contributed by atoms with Crippen LogP contribution in [0.25, 0.3) is 11.9 Å². The minimum atomic E-state index is -4.64. The molecule has 3 aromatic heterocycles. The van der Waals surface area contributed by atoms with Crippen LogP contribution in [0.3, 0.4) is 0 Å². The van der Waals surface area contributed by atoms with Crippen LogP contribution in [0.2, 0.25) is 5.02 Å². The zero-order valence-corrected chi connectivity index (χ0v) is 31.9. The zero-order valence-electron chi connectivity index (χ0n) is 31.2. The van der Waals surface area contributed by atoms with E-state index in [4.69, 9.17) is 16.3 Å². The van der Waals surface area contributed by atoms with Gasteiger partial charge in [0.1, 0.15) is 25.2 Å². The summed E-state index contributed by atoms with van der Waals surface area (Å²) in [6, 6.07) is 12.0. The number of nitrogens with one attached hydrogen (secondary N) is 1. The number of alkyl halides is 3. The number of likely N-dealkylation sites (tertiary alicyclic amines) is 1. The first kappa shape index (κ1) is 39.7. The Labute approximate surface area is 333 Å². The Morgan fingerprint density at radius 2 is 1.74 bits per heavy atom. The van der Waals surface area contributed by atoms with Crippen LogP contribution in [-0.4, -0.2) is 101 Å². The average Bonchev–Trinajstić information content (AvgIpc) is 3.61. The number of ether oxygens (including phenoxy) is 1. The molecule has 0 atom stereocenters. The highest BCUT2D eigenvalue weighted by molar-refractivity contribution is 6.33. The average molecular weight is 821 g/mol. The first-order valence-electron chi connectivity index (χ1n) is 18.1. The Bertz CT molecular complexity index is 2490. The topological polar surface area (TPSA) is 180 Å². The lowest BCUT2D eigenvalue weighted by Crippen LogP contribution is -2.51. The fraction of sp³-hybridized carbons (Fsp3) is 0.316. The normalized spacial score (nSPS) is 14.4. The highest BCUT2D eigenvalue weighted by Crippen LogP contribution is 2.34. The first-order valence-corrected chi connectivity index (χ1v) is 18.5. The van der Waals surface area contributed by atoms with E-state index in [0.29, 0.717) is 23.0 Å². The summed E-state index contributed by atoms with van der Waals surface area (Å²) in [5.74, 6) is -0.658. The molecule has 0 aliphatic carbocycles. The molecule has 16 nitrogen and oxygen atoms in total. The van der Waals surface area contributed by atoms with Gasteiger partial charge in [0.05, 0.1) is 27.7 Å². The Balaban J connectivity index is 1.17. The molecular weight excluding hydrogens is 785 g/mol. The second-order valence-electron chi connectivity index (χ2n) is 13.6. The van der Waals surface area contributed by atoms with Gasteiger partial charge in [-0.1, -0.05) is 48.9 Å². The van der Waals surface area contributed by atoms with Crippen molar-refractivity contribution >= 4 is 52.7 Å². The standard InChI is InChI=1S/C38H36ClF3N10O6/c1-3-28-32(48-11-13-49(14-12-48)34(54)31-33(22(2)43-21-44-31)58-20-23-7-5-4-6-8-23)35(55)52-36(46-29(47-52)15-24-17-50(18-24)37(56)57)51(28)19-30(53)45-27-10-9-25(16-26(27)39)38(40,41)42/h4-10,15-16,21H,3,11-14,17-20H2,1-2H3,(H,45,53)(H,56,57). The molecule has 3 amide bonds. The van der Waals surface area contributed by atoms with Crippen LogP contribution in [0, 0.1) is 6.92 Å². The molecular formula is C38H36ClF3N10O6. The van der Waals surface area contributed by atoms with E-state index in [1.165, 1.54) is 15.8 Å². The molecule has 58 heavy (non-hydrogen) atoms. The molecule has 2 aromatic carbocycles. The molecule has 2 N–H and O–H groups in total. The number of aryl methyl sites for hydroxylation is 1. The predicted molar refractivity (Wildman–Crippen MR) is 205 cm³/mol. The summed E-state index contributed by atoms with van der Waals surface area (Å²) in [4.78, 5) is 70.7. The summed E-state index contributed by atoms with van der Waals surface area (Å²) in [6.45, 7) is 4.38. The summed E-state index contributed by atoms with van der Waals surface area (Å²) >= 11 is 6.13. The van der Waals surface area contributed by atoms with Crippen LogP contribution in [-0.2, 0) is 30.5 Å². The number of carbonyl (C=O) groups excluding carboxylic acids is 2. The lowest BCUT2D eigenvalue weighted by atomic mass is 10.1. The van der Waals surface area contributed by atoms with Crippen molar-refractivity contribution in [2.45, 2.75) is 39.6 Å². The molecule has 2 saturated heterocycles. The number of fused-ring (bicyclic) bond motifs is 1. The van der Waals surface area contributed by atoms with E-state index in [1.54, 1.807) is 29.7 Å². The number of carboxylic acid groups (broad SMARTS) is 1. The van der Waals surface area contributed by atoms with Crippen molar-refractivity contribution in [1.29, 1.82) is 0 Å². The second-order valence-corrected chi connectivity index (χ2v) is 14.0. The Morgan fingerprint density at radius 1 is 1.02 bits per heavy atom. The largest absolute Gasteiger partial charge is 0.485 e. The molecule has 2 fully saturated rings. The monoisotopic (exact) mass is 820 g/mol. The summed E-state index contributed by atoms with van der Waals surface area (Å²) in [6.07, 6.45) is -2.60. The number of carbonyl (C=O) groups is 3. The number of hydrogen-bond acceptors (Lipinski definition) is 10. The van der Waals surface area contributed by atoms with Gasteiger partial charge in [-0.2, -0.15) is 22.7 Å². The van der Waals surface area contributed by atoms with E-state index in [0.717, 1.165) is 22.2 Å². The number of nitrogens with zero attached hydrogens (tertiary/aromatic N) is 9. The molecule has 7 rings (SSSR count). The van der Waals surface area contributed by atoms with E-state index in [-0.39, 0.29) is 97.6 Å². The Morgan fingerprint density at radius 3 is 2.40 bits per heavy atom. The molecule has 5 heterocycles. The maximum absolute atomic E-state index is 14.3. The van der Waals surface area contributed by atoms with Gasteiger partial charge in [0, 0.05) is 39.3 Å². The third-order valence-electron chi connectivity index (χ3n) is 9.73. The van der Waals surface area contributed by atoms with Gasteiger partial charge in [0.2, 0.25) is 11.7 Å². The van der Waals surface area contributed by atoms with Crippen molar-refractivity contribution in [3.05, 3.63) is 110 Å². The van der Waals surface area contributed by atoms with E-state index < -0.39 is 35.8 Å². The van der Waals surface area contributed by atoms with Crippen LogP contribution in [0.15, 0.2) is 65.2 Å². The number of rotatable bonds is 10. The van der Waals surface area contributed by atoms with Crippen molar-refractivity contribution in [2.24, 2.45) is 0 Å². The third-order valence-corrected chi connectivity index (χ3v) is 10.0. The maximum atomic E-state index is 14.3. The summed E-state index contributed by atoms with van der Waals surface area (Å²) in [5.41, 5.74) is 1.28. The Hall–Kier alpha value is -6.50. The lowest BCUT2D eigenvalue weighted by Gasteiger charge is -2.36. The number of piperazine rings is 1. The number of halogens is 4. The van der Waals surface area contributed by atoms with E-state index in [9.17, 15) is 37.5 Å².